The molecule has 2 amide bonds. The fraction of sp³-hybridized carbons (Fsp3) is 0.615. The number of amides is 2. The number of thiophene rings is 2. The maximum atomic E-state index is 13.3. The van der Waals surface area contributed by atoms with Gasteiger partial charge in [0.05, 0.1) is 10.9 Å². The number of hydrogen-bond acceptors (Lipinski definition) is 7. The Morgan fingerprint density at radius 1 is 1.05 bits per heavy atom. The summed E-state index contributed by atoms with van der Waals surface area (Å²) < 4.78 is 29.6. The highest BCUT2D eigenvalue weighted by Gasteiger charge is 2.36. The number of carbonyl (C=O) groups excluding carboxylic acids is 2. The number of piperidine rings is 1. The van der Waals surface area contributed by atoms with Crippen molar-refractivity contribution in [2.75, 3.05) is 39.3 Å². The van der Waals surface area contributed by atoms with E-state index in [4.69, 9.17) is 11.6 Å². The molecule has 38 heavy (non-hydrogen) atoms. The van der Waals surface area contributed by atoms with Gasteiger partial charge in [-0.25, -0.2) is 8.42 Å². The van der Waals surface area contributed by atoms with E-state index in [9.17, 15) is 18.0 Å². The summed E-state index contributed by atoms with van der Waals surface area (Å²) in [5.74, 6) is -0.376. The molecule has 0 spiro atoms. The minimum absolute atomic E-state index is 0.00258. The number of likely N-dealkylation sites (tertiary alicyclic amines) is 2. The normalized spacial score (nSPS) is 20.6. The Labute approximate surface area is 239 Å². The molecule has 2 aliphatic heterocycles. The lowest BCUT2D eigenvalue weighted by molar-refractivity contribution is -0.143. The van der Waals surface area contributed by atoms with Crippen LogP contribution < -0.4 is 4.72 Å². The second-order valence-electron chi connectivity index (χ2n) is 9.98. The van der Waals surface area contributed by atoms with E-state index < -0.39 is 16.1 Å². The molecule has 8 nitrogen and oxygen atoms in total. The van der Waals surface area contributed by atoms with E-state index in [-0.39, 0.29) is 28.6 Å². The van der Waals surface area contributed by atoms with Crippen LogP contribution in [0.3, 0.4) is 0 Å². The molecular formula is C26H37ClN4O4S3. The zero-order valence-corrected chi connectivity index (χ0v) is 25.2. The molecule has 2 aromatic rings. The molecule has 2 aliphatic rings. The second kappa shape index (κ2) is 13.2. The zero-order valence-electron chi connectivity index (χ0n) is 22.0. The predicted octanol–water partition coefficient (Wildman–Crippen LogP) is 4.51. The molecule has 4 rings (SSSR count). The van der Waals surface area contributed by atoms with Crippen LogP contribution in [-0.4, -0.2) is 86.3 Å². The number of rotatable bonds is 12. The van der Waals surface area contributed by atoms with Gasteiger partial charge < -0.3 is 14.7 Å². The number of nitrogens with one attached hydrogen (secondary N) is 1. The van der Waals surface area contributed by atoms with Gasteiger partial charge in [-0.1, -0.05) is 25.4 Å². The van der Waals surface area contributed by atoms with Gasteiger partial charge in [-0.2, -0.15) is 4.72 Å². The molecule has 0 aromatic carbocycles. The van der Waals surface area contributed by atoms with Crippen molar-refractivity contribution in [2.24, 2.45) is 0 Å². The molecule has 210 valence electrons. The van der Waals surface area contributed by atoms with Crippen molar-refractivity contribution in [1.82, 2.24) is 19.4 Å². The molecule has 12 heteroatoms. The fourth-order valence-corrected chi connectivity index (χ4v) is 9.01. The second-order valence-corrected chi connectivity index (χ2v) is 14.7. The first-order valence-corrected chi connectivity index (χ1v) is 16.9. The van der Waals surface area contributed by atoms with Gasteiger partial charge >= 0.3 is 0 Å². The Morgan fingerprint density at radius 2 is 1.74 bits per heavy atom. The summed E-state index contributed by atoms with van der Waals surface area (Å²) in [5, 5.41) is 0. The van der Waals surface area contributed by atoms with E-state index in [1.807, 2.05) is 11.0 Å². The Kier molecular flexibility index (Phi) is 10.3. The third kappa shape index (κ3) is 7.17. The lowest BCUT2D eigenvalue weighted by atomic mass is 10.1. The first-order chi connectivity index (χ1) is 18.2. The molecule has 2 aromatic heterocycles. The van der Waals surface area contributed by atoms with E-state index in [1.165, 1.54) is 16.2 Å². The van der Waals surface area contributed by atoms with Crippen LogP contribution in [0.2, 0.25) is 4.34 Å². The number of carbonyl (C=O) groups is 2. The van der Waals surface area contributed by atoms with Gasteiger partial charge in [0.15, 0.2) is 0 Å². The minimum Gasteiger partial charge on any atom is -0.337 e. The van der Waals surface area contributed by atoms with Crippen molar-refractivity contribution in [3.8, 4) is 9.75 Å². The quantitative estimate of drug-likeness (QED) is 0.387. The van der Waals surface area contributed by atoms with Crippen molar-refractivity contribution < 1.29 is 18.0 Å². The molecule has 4 heterocycles. The Hall–Kier alpha value is -1.50. The van der Waals surface area contributed by atoms with Crippen molar-refractivity contribution in [1.29, 1.82) is 0 Å². The molecule has 0 saturated carbocycles. The minimum atomic E-state index is -3.88. The maximum absolute atomic E-state index is 13.3. The van der Waals surface area contributed by atoms with Crippen LogP contribution in [0.1, 0.15) is 52.4 Å². The highest BCUT2D eigenvalue weighted by atomic mass is 35.5. The lowest BCUT2D eigenvalue weighted by Crippen LogP contribution is -2.55. The van der Waals surface area contributed by atoms with Crippen molar-refractivity contribution in [3.63, 3.8) is 0 Å². The fourth-order valence-electron chi connectivity index (χ4n) is 5.33. The van der Waals surface area contributed by atoms with Crippen molar-refractivity contribution >= 4 is 56.1 Å². The van der Waals surface area contributed by atoms with Crippen LogP contribution in [0, 0.1) is 0 Å². The van der Waals surface area contributed by atoms with Crippen LogP contribution in [0.15, 0.2) is 28.5 Å². The standard InChI is InChI=1S/C26H37ClN4O4S3/c1-3-13-29(14-4-2)17-19-7-5-16-31(19)24(32)18-30-15-6-8-20(26(30)33)28-38(34,35)25-12-10-22(37-25)21-9-11-23(27)36-21/h9-12,19-20,28H,3-8,13-18H2,1-2H3/t19-,20-/m0/s1. The summed E-state index contributed by atoms with van der Waals surface area (Å²) in [5.41, 5.74) is 0. The molecule has 1 N–H and O–H groups in total. The summed E-state index contributed by atoms with van der Waals surface area (Å²) in [4.78, 5) is 34.1. The summed E-state index contributed by atoms with van der Waals surface area (Å²) in [6, 6.07) is 6.24. The highest BCUT2D eigenvalue weighted by Crippen LogP contribution is 2.37. The summed E-state index contributed by atoms with van der Waals surface area (Å²) in [6.45, 7) is 8.41. The van der Waals surface area contributed by atoms with Gasteiger partial charge in [-0.3, -0.25) is 9.59 Å². The summed E-state index contributed by atoms with van der Waals surface area (Å²) in [7, 11) is -3.88. The van der Waals surface area contributed by atoms with Gasteiger partial charge in [-0.15, -0.1) is 22.7 Å². The first-order valence-electron chi connectivity index (χ1n) is 13.4. The Bertz CT molecular complexity index is 1210. The van der Waals surface area contributed by atoms with Crippen LogP contribution >= 0.6 is 34.3 Å². The third-order valence-corrected chi connectivity index (χ3v) is 11.5. The number of halogens is 1. The molecule has 2 atom stereocenters. The van der Waals surface area contributed by atoms with Gasteiger partial charge in [0.2, 0.25) is 11.8 Å². The summed E-state index contributed by atoms with van der Waals surface area (Å²) in [6.07, 6.45) is 5.16. The largest absolute Gasteiger partial charge is 0.337 e. The van der Waals surface area contributed by atoms with Crippen molar-refractivity contribution in [3.05, 3.63) is 28.6 Å². The van der Waals surface area contributed by atoms with Crippen molar-refractivity contribution in [2.45, 2.75) is 68.7 Å². The average Bonchev–Trinajstić information content (AvgIpc) is 3.63. The van der Waals surface area contributed by atoms with Crippen LogP contribution in [0.5, 0.6) is 0 Å². The molecule has 0 unspecified atom stereocenters. The number of hydrogen-bond donors (Lipinski definition) is 1. The van der Waals surface area contributed by atoms with Gasteiger partial charge in [0, 0.05) is 35.4 Å². The Balaban J connectivity index is 1.37. The predicted molar refractivity (Wildman–Crippen MR) is 154 cm³/mol. The van der Waals surface area contributed by atoms with Gasteiger partial charge in [-0.05, 0) is 75.9 Å². The smallest absolute Gasteiger partial charge is 0.250 e. The van der Waals surface area contributed by atoms with Crippen LogP contribution in [-0.2, 0) is 19.6 Å². The molecular weight excluding hydrogens is 564 g/mol. The first kappa shape index (κ1) is 29.5. The van der Waals surface area contributed by atoms with Gasteiger partial charge in [0.25, 0.3) is 10.0 Å². The third-order valence-electron chi connectivity index (χ3n) is 7.06. The van der Waals surface area contributed by atoms with Crippen LogP contribution in [0.25, 0.3) is 9.75 Å². The van der Waals surface area contributed by atoms with E-state index >= 15 is 0 Å². The maximum Gasteiger partial charge on any atom is 0.250 e. The van der Waals surface area contributed by atoms with E-state index in [1.54, 1.807) is 18.2 Å². The monoisotopic (exact) mass is 600 g/mol. The topological polar surface area (TPSA) is 90.0 Å². The lowest BCUT2D eigenvalue weighted by Gasteiger charge is -2.35. The highest BCUT2D eigenvalue weighted by molar-refractivity contribution is 7.91. The van der Waals surface area contributed by atoms with E-state index in [0.29, 0.717) is 30.3 Å². The zero-order chi connectivity index (χ0) is 27.3. The molecule has 2 fully saturated rings. The van der Waals surface area contributed by atoms with Crippen LogP contribution in [0.4, 0.5) is 0 Å². The average molecular weight is 601 g/mol. The van der Waals surface area contributed by atoms with E-state index in [2.05, 4.69) is 23.5 Å². The summed E-state index contributed by atoms with van der Waals surface area (Å²) >= 11 is 8.55. The molecule has 0 radical (unpaired) electrons. The van der Waals surface area contributed by atoms with E-state index in [0.717, 1.165) is 66.4 Å². The van der Waals surface area contributed by atoms with Gasteiger partial charge in [0.1, 0.15) is 10.3 Å². The number of sulfonamides is 1. The Morgan fingerprint density at radius 3 is 2.42 bits per heavy atom. The molecule has 0 bridgehead atoms. The number of nitrogens with zero attached hydrogens (tertiary/aromatic N) is 3. The SMILES string of the molecule is CCCN(CCC)C[C@@H]1CCCN1C(=O)CN1CCC[C@H](NS(=O)(=O)c2ccc(-c3ccc(Cl)s3)s2)C1=O. The molecule has 2 saturated heterocycles. The molecule has 0 aliphatic carbocycles.